The molecular weight excluding hydrogens is 677 g/mol. The molecule has 0 saturated carbocycles. The summed E-state index contributed by atoms with van der Waals surface area (Å²) < 4.78 is 6.84. The van der Waals surface area contributed by atoms with Crippen LogP contribution in [0.25, 0.3) is 111 Å². The molecule has 0 radical (unpaired) electrons. The van der Waals surface area contributed by atoms with Gasteiger partial charge in [-0.15, -0.1) is 0 Å². The molecule has 1 heterocycles. The molecule has 0 unspecified atom stereocenters. The van der Waals surface area contributed by atoms with E-state index in [1.165, 1.54) is 76.8 Å². The first kappa shape index (κ1) is 33.6. The molecule has 0 atom stereocenters. The van der Waals surface area contributed by atoms with Gasteiger partial charge in [-0.1, -0.05) is 164 Å². The van der Waals surface area contributed by atoms with Crippen molar-refractivity contribution in [3.63, 3.8) is 0 Å². The standard InChI is InChI=1S/C55H40O/c1-5-18-39-38(6-2)53(43-26-13-10-23-40(43)51(39)36-21-8-7-9-22-36)47-29-17-30-48-54(47)46-32-31-37(33-49(46)56-48)52-41-24-11-14-27-44(41)55(45-28-15-12-25-42(45)52)50-34(3)19-16-20-35(50)4/h5-33H,2H2,1,3-4H3/b18-5-. The van der Waals surface area contributed by atoms with Crippen molar-refractivity contribution in [1.82, 2.24) is 0 Å². The van der Waals surface area contributed by atoms with E-state index in [-0.39, 0.29) is 0 Å². The predicted molar refractivity (Wildman–Crippen MR) is 242 cm³/mol. The summed E-state index contributed by atoms with van der Waals surface area (Å²) in [4.78, 5) is 0. The van der Waals surface area contributed by atoms with Crippen molar-refractivity contribution in [1.29, 1.82) is 0 Å². The zero-order valence-corrected chi connectivity index (χ0v) is 31.9. The van der Waals surface area contributed by atoms with Crippen molar-refractivity contribution >= 4 is 66.4 Å². The molecule has 9 aromatic carbocycles. The molecule has 0 aliphatic rings. The summed E-state index contributed by atoms with van der Waals surface area (Å²) in [6, 6.07) is 57.1. The molecule has 1 nitrogen and oxygen atoms in total. The lowest BCUT2D eigenvalue weighted by atomic mass is 9.82. The topological polar surface area (TPSA) is 13.1 Å². The normalized spacial score (nSPS) is 11.8. The van der Waals surface area contributed by atoms with E-state index in [2.05, 4.69) is 197 Å². The van der Waals surface area contributed by atoms with Gasteiger partial charge in [-0.3, -0.25) is 0 Å². The van der Waals surface area contributed by atoms with Gasteiger partial charge in [-0.25, -0.2) is 0 Å². The Balaban J connectivity index is 1.25. The van der Waals surface area contributed by atoms with Crippen LogP contribution in [0.2, 0.25) is 0 Å². The van der Waals surface area contributed by atoms with Gasteiger partial charge in [-0.05, 0) is 138 Å². The van der Waals surface area contributed by atoms with Crippen molar-refractivity contribution in [3.8, 4) is 44.5 Å². The van der Waals surface area contributed by atoms with E-state index >= 15 is 0 Å². The third kappa shape index (κ3) is 5.08. The molecule has 0 N–H and O–H groups in total. The minimum atomic E-state index is 0.869. The maximum Gasteiger partial charge on any atom is 0.136 e. The summed E-state index contributed by atoms with van der Waals surface area (Å²) in [6.07, 6.45) is 6.39. The van der Waals surface area contributed by atoms with Gasteiger partial charge in [0.05, 0.1) is 0 Å². The number of benzene rings is 9. The summed E-state index contributed by atoms with van der Waals surface area (Å²) in [5.41, 5.74) is 16.3. The van der Waals surface area contributed by atoms with Gasteiger partial charge in [-0.2, -0.15) is 0 Å². The summed E-state index contributed by atoms with van der Waals surface area (Å²) >= 11 is 0. The average Bonchev–Trinajstić information content (AvgIpc) is 3.61. The van der Waals surface area contributed by atoms with Crippen LogP contribution in [-0.2, 0) is 0 Å². The first-order valence-corrected chi connectivity index (χ1v) is 19.4. The zero-order valence-electron chi connectivity index (χ0n) is 31.9. The third-order valence-corrected chi connectivity index (χ3v) is 11.6. The van der Waals surface area contributed by atoms with Crippen molar-refractivity contribution in [2.45, 2.75) is 20.8 Å². The number of hydrogen-bond donors (Lipinski definition) is 0. The van der Waals surface area contributed by atoms with Crippen LogP contribution in [0.4, 0.5) is 0 Å². The number of fused-ring (bicyclic) bond motifs is 6. The summed E-state index contributed by atoms with van der Waals surface area (Å²) in [5, 5.41) is 9.59. The van der Waals surface area contributed by atoms with Crippen LogP contribution in [0.1, 0.15) is 29.2 Å². The van der Waals surface area contributed by atoms with Crippen LogP contribution in [0, 0.1) is 13.8 Å². The predicted octanol–water partition coefficient (Wildman–Crippen LogP) is 16.0. The number of furan rings is 1. The van der Waals surface area contributed by atoms with E-state index in [1.807, 2.05) is 6.08 Å². The molecule has 1 aromatic heterocycles. The van der Waals surface area contributed by atoms with Gasteiger partial charge in [0.2, 0.25) is 0 Å². The van der Waals surface area contributed by atoms with Crippen LogP contribution in [0.3, 0.4) is 0 Å². The smallest absolute Gasteiger partial charge is 0.136 e. The number of hydrogen-bond acceptors (Lipinski definition) is 1. The Morgan fingerprint density at radius 3 is 1.59 bits per heavy atom. The molecule has 10 rings (SSSR count). The fourth-order valence-corrected chi connectivity index (χ4v) is 9.34. The van der Waals surface area contributed by atoms with Crippen LogP contribution in [0.15, 0.2) is 175 Å². The van der Waals surface area contributed by atoms with Crippen molar-refractivity contribution in [2.75, 3.05) is 0 Å². The maximum atomic E-state index is 6.84. The van der Waals surface area contributed by atoms with E-state index < -0.39 is 0 Å². The third-order valence-electron chi connectivity index (χ3n) is 11.6. The molecule has 0 bridgehead atoms. The second-order valence-corrected chi connectivity index (χ2v) is 14.8. The lowest BCUT2D eigenvalue weighted by Gasteiger charge is -2.21. The lowest BCUT2D eigenvalue weighted by Crippen LogP contribution is -1.96. The highest BCUT2D eigenvalue weighted by Crippen LogP contribution is 2.49. The van der Waals surface area contributed by atoms with Crippen molar-refractivity contribution in [3.05, 3.63) is 193 Å². The van der Waals surface area contributed by atoms with Crippen LogP contribution >= 0.6 is 0 Å². The van der Waals surface area contributed by atoms with E-state index in [0.717, 1.165) is 44.2 Å². The lowest BCUT2D eigenvalue weighted by molar-refractivity contribution is 0.669. The Labute approximate surface area is 327 Å². The van der Waals surface area contributed by atoms with Crippen LogP contribution in [-0.4, -0.2) is 0 Å². The van der Waals surface area contributed by atoms with Gasteiger partial charge in [0.15, 0.2) is 0 Å². The van der Waals surface area contributed by atoms with Gasteiger partial charge < -0.3 is 4.42 Å². The fraction of sp³-hybridized carbons (Fsp3) is 0.0545. The number of aryl methyl sites for hydroxylation is 2. The number of rotatable bonds is 6. The molecule has 0 spiro atoms. The fourth-order valence-electron chi connectivity index (χ4n) is 9.34. The van der Waals surface area contributed by atoms with Crippen LogP contribution < -0.4 is 0 Å². The monoisotopic (exact) mass is 716 g/mol. The second-order valence-electron chi connectivity index (χ2n) is 14.8. The Bertz CT molecular complexity index is 3150. The first-order valence-electron chi connectivity index (χ1n) is 19.4. The summed E-state index contributed by atoms with van der Waals surface area (Å²) in [7, 11) is 0. The molecule has 1 heteroatoms. The van der Waals surface area contributed by atoms with E-state index in [0.29, 0.717) is 0 Å². The largest absolute Gasteiger partial charge is 0.456 e. The Kier molecular flexibility index (Phi) is 8.04. The van der Waals surface area contributed by atoms with Gasteiger partial charge in [0.1, 0.15) is 11.2 Å². The molecule has 0 fully saturated rings. The molecule has 266 valence electrons. The first-order chi connectivity index (χ1) is 27.6. The molecule has 0 amide bonds. The highest BCUT2D eigenvalue weighted by Gasteiger charge is 2.23. The molecule has 56 heavy (non-hydrogen) atoms. The SMILES string of the molecule is C=Cc1c(/C=C\C)c(-c2ccccc2)c2ccccc2c1-c1cccc2oc3cc(-c4c5ccccc5c(-c5c(C)cccc5C)c5ccccc45)ccc3c12. The number of allylic oxidation sites excluding steroid dienone is 1. The Morgan fingerprint density at radius 1 is 0.429 bits per heavy atom. The molecule has 0 aliphatic carbocycles. The Morgan fingerprint density at radius 2 is 0.982 bits per heavy atom. The zero-order chi connectivity index (χ0) is 37.9. The van der Waals surface area contributed by atoms with Gasteiger partial charge in [0, 0.05) is 10.8 Å². The minimum absolute atomic E-state index is 0.869. The second kappa shape index (κ2) is 13.4. The highest BCUT2D eigenvalue weighted by molar-refractivity contribution is 6.23. The van der Waals surface area contributed by atoms with E-state index in [1.54, 1.807) is 0 Å². The molecule has 10 aromatic rings. The highest BCUT2D eigenvalue weighted by atomic mass is 16.3. The van der Waals surface area contributed by atoms with E-state index in [4.69, 9.17) is 4.42 Å². The Hall–Kier alpha value is -6.96. The molecule has 0 saturated heterocycles. The summed E-state index contributed by atoms with van der Waals surface area (Å²) in [6.45, 7) is 10.9. The quantitative estimate of drug-likeness (QED) is 0.156. The van der Waals surface area contributed by atoms with E-state index in [9.17, 15) is 0 Å². The average molecular weight is 717 g/mol. The van der Waals surface area contributed by atoms with Crippen molar-refractivity contribution in [2.24, 2.45) is 0 Å². The van der Waals surface area contributed by atoms with Crippen LogP contribution in [0.5, 0.6) is 0 Å². The minimum Gasteiger partial charge on any atom is -0.456 e. The summed E-state index contributed by atoms with van der Waals surface area (Å²) in [5.74, 6) is 0. The van der Waals surface area contributed by atoms with Crippen molar-refractivity contribution < 1.29 is 4.42 Å². The van der Waals surface area contributed by atoms with Gasteiger partial charge in [0.25, 0.3) is 0 Å². The van der Waals surface area contributed by atoms with Gasteiger partial charge >= 0.3 is 0 Å². The maximum absolute atomic E-state index is 6.84. The molecular formula is C55H40O. The molecule has 0 aliphatic heterocycles.